The summed E-state index contributed by atoms with van der Waals surface area (Å²) in [6, 6.07) is 7.72. The standard InChI is InChI=1S/C22H30N4O2/c1-17-8-4-5-9-19(17)22(27)26-12-13-28-20(16-25-10-6-3-7-11-25)21(26)18-14-23-24(2)15-18/h4-5,8-9,14-15,20-21H,3,6-7,10-13,16H2,1-2H3/t20-,21-/m0/s1. The largest absolute Gasteiger partial charge is 0.373 e. The van der Waals surface area contributed by atoms with Crippen LogP contribution in [0.5, 0.6) is 0 Å². The summed E-state index contributed by atoms with van der Waals surface area (Å²) in [7, 11) is 1.92. The van der Waals surface area contributed by atoms with E-state index in [1.165, 1.54) is 19.3 Å². The highest BCUT2D eigenvalue weighted by molar-refractivity contribution is 5.96. The SMILES string of the molecule is Cc1ccccc1C(=O)N1CCO[C@@H](CN2CCCCC2)[C@@H]1c1cnn(C)c1. The Morgan fingerprint density at radius 2 is 1.96 bits per heavy atom. The summed E-state index contributed by atoms with van der Waals surface area (Å²) in [5.74, 6) is 0.0823. The van der Waals surface area contributed by atoms with Gasteiger partial charge in [0.15, 0.2) is 0 Å². The number of amides is 1. The van der Waals surface area contributed by atoms with Crippen molar-refractivity contribution in [1.82, 2.24) is 19.6 Å². The number of benzene rings is 1. The molecular weight excluding hydrogens is 352 g/mol. The highest BCUT2D eigenvalue weighted by atomic mass is 16.5. The van der Waals surface area contributed by atoms with Crippen LogP contribution in [-0.2, 0) is 11.8 Å². The number of hydrogen-bond acceptors (Lipinski definition) is 4. The van der Waals surface area contributed by atoms with Crippen molar-refractivity contribution in [3.8, 4) is 0 Å². The number of piperidine rings is 1. The number of morpholine rings is 1. The molecule has 6 nitrogen and oxygen atoms in total. The first-order valence-corrected chi connectivity index (χ1v) is 10.3. The van der Waals surface area contributed by atoms with Gasteiger partial charge in [0.1, 0.15) is 0 Å². The van der Waals surface area contributed by atoms with E-state index in [4.69, 9.17) is 4.74 Å². The number of nitrogens with zero attached hydrogens (tertiary/aromatic N) is 4. The van der Waals surface area contributed by atoms with E-state index in [1.807, 2.05) is 55.5 Å². The second-order valence-corrected chi connectivity index (χ2v) is 7.98. The molecule has 1 aromatic heterocycles. The summed E-state index contributed by atoms with van der Waals surface area (Å²) in [4.78, 5) is 18.0. The molecule has 2 aliphatic heterocycles. The molecule has 1 amide bonds. The van der Waals surface area contributed by atoms with Gasteiger partial charge >= 0.3 is 0 Å². The van der Waals surface area contributed by atoms with Crippen LogP contribution in [0.4, 0.5) is 0 Å². The maximum atomic E-state index is 13.5. The Hall–Kier alpha value is -2.18. The van der Waals surface area contributed by atoms with Gasteiger partial charge in [0.05, 0.1) is 24.9 Å². The molecular formula is C22H30N4O2. The third-order valence-electron chi connectivity index (χ3n) is 5.94. The molecule has 2 aromatic rings. The predicted molar refractivity (Wildman–Crippen MR) is 108 cm³/mol. The molecule has 6 heteroatoms. The molecule has 0 N–H and O–H groups in total. The Morgan fingerprint density at radius 3 is 2.68 bits per heavy atom. The van der Waals surface area contributed by atoms with Crippen LogP contribution in [0.15, 0.2) is 36.7 Å². The van der Waals surface area contributed by atoms with Crippen LogP contribution in [0.2, 0.25) is 0 Å². The number of hydrogen-bond donors (Lipinski definition) is 0. The summed E-state index contributed by atoms with van der Waals surface area (Å²) >= 11 is 0. The van der Waals surface area contributed by atoms with Gasteiger partial charge in [-0.2, -0.15) is 5.10 Å². The number of aromatic nitrogens is 2. The first-order chi connectivity index (χ1) is 13.6. The highest BCUT2D eigenvalue weighted by Crippen LogP contribution is 2.32. The van der Waals surface area contributed by atoms with Gasteiger partial charge in [0.2, 0.25) is 0 Å². The van der Waals surface area contributed by atoms with Gasteiger partial charge < -0.3 is 14.5 Å². The van der Waals surface area contributed by atoms with Crippen LogP contribution in [0.25, 0.3) is 0 Å². The second-order valence-electron chi connectivity index (χ2n) is 7.98. The maximum absolute atomic E-state index is 13.5. The molecule has 0 saturated carbocycles. The van der Waals surface area contributed by atoms with E-state index in [0.29, 0.717) is 13.2 Å². The summed E-state index contributed by atoms with van der Waals surface area (Å²) in [6.45, 7) is 6.27. The average molecular weight is 383 g/mol. The minimum atomic E-state index is -0.114. The zero-order chi connectivity index (χ0) is 19.5. The Balaban J connectivity index is 1.63. The molecule has 0 spiro atoms. The fourth-order valence-electron chi connectivity index (χ4n) is 4.47. The predicted octanol–water partition coefficient (Wildman–Crippen LogP) is 2.80. The number of likely N-dealkylation sites (tertiary alicyclic amines) is 1. The molecule has 0 bridgehead atoms. The lowest BCUT2D eigenvalue weighted by atomic mass is 9.97. The molecule has 1 aromatic carbocycles. The minimum Gasteiger partial charge on any atom is -0.373 e. The molecule has 0 aliphatic carbocycles. The van der Waals surface area contributed by atoms with Crippen molar-refractivity contribution < 1.29 is 9.53 Å². The van der Waals surface area contributed by atoms with Crippen molar-refractivity contribution in [3.63, 3.8) is 0 Å². The van der Waals surface area contributed by atoms with E-state index >= 15 is 0 Å². The van der Waals surface area contributed by atoms with Crippen molar-refractivity contribution in [1.29, 1.82) is 0 Å². The highest BCUT2D eigenvalue weighted by Gasteiger charge is 2.38. The number of carbonyl (C=O) groups is 1. The molecule has 0 radical (unpaired) electrons. The van der Waals surface area contributed by atoms with Gasteiger partial charge in [-0.3, -0.25) is 9.48 Å². The molecule has 2 atom stereocenters. The van der Waals surface area contributed by atoms with Gasteiger partial charge in [-0.05, 0) is 44.5 Å². The van der Waals surface area contributed by atoms with Crippen molar-refractivity contribution in [2.45, 2.75) is 38.3 Å². The molecule has 0 unspecified atom stereocenters. The second kappa shape index (κ2) is 8.45. The third-order valence-corrected chi connectivity index (χ3v) is 5.94. The normalized spacial score (nSPS) is 23.7. The lowest BCUT2D eigenvalue weighted by Gasteiger charge is -2.43. The van der Waals surface area contributed by atoms with Gasteiger partial charge in [-0.1, -0.05) is 24.6 Å². The fraction of sp³-hybridized carbons (Fsp3) is 0.545. The van der Waals surface area contributed by atoms with Gasteiger partial charge in [0, 0.05) is 37.5 Å². The molecule has 2 aliphatic rings. The quantitative estimate of drug-likeness (QED) is 0.816. The summed E-state index contributed by atoms with van der Waals surface area (Å²) in [6.07, 6.45) is 7.66. The van der Waals surface area contributed by atoms with Crippen molar-refractivity contribution in [3.05, 3.63) is 53.3 Å². The first kappa shape index (κ1) is 19.2. The molecule has 28 heavy (non-hydrogen) atoms. The van der Waals surface area contributed by atoms with E-state index in [2.05, 4.69) is 10.00 Å². The van der Waals surface area contributed by atoms with Crippen LogP contribution in [-0.4, -0.2) is 64.4 Å². The van der Waals surface area contributed by atoms with E-state index in [1.54, 1.807) is 4.68 Å². The van der Waals surface area contributed by atoms with E-state index in [-0.39, 0.29) is 18.1 Å². The van der Waals surface area contributed by atoms with Gasteiger partial charge in [-0.25, -0.2) is 0 Å². The third kappa shape index (κ3) is 3.98. The molecule has 2 fully saturated rings. The zero-order valence-electron chi connectivity index (χ0n) is 16.9. The van der Waals surface area contributed by atoms with E-state index in [0.717, 1.165) is 36.3 Å². The molecule has 4 rings (SSSR count). The van der Waals surface area contributed by atoms with Crippen LogP contribution in [0.1, 0.15) is 46.8 Å². The number of aryl methyl sites for hydroxylation is 2. The Morgan fingerprint density at radius 1 is 1.18 bits per heavy atom. The van der Waals surface area contributed by atoms with Crippen LogP contribution in [0.3, 0.4) is 0 Å². The zero-order valence-corrected chi connectivity index (χ0v) is 16.9. The Labute approximate surface area is 167 Å². The number of ether oxygens (including phenoxy) is 1. The van der Waals surface area contributed by atoms with Gasteiger partial charge in [0.25, 0.3) is 5.91 Å². The average Bonchev–Trinajstić information content (AvgIpc) is 3.14. The monoisotopic (exact) mass is 382 g/mol. The van der Waals surface area contributed by atoms with E-state index in [9.17, 15) is 4.79 Å². The van der Waals surface area contributed by atoms with E-state index < -0.39 is 0 Å². The maximum Gasteiger partial charge on any atom is 0.254 e. The topological polar surface area (TPSA) is 50.6 Å². The first-order valence-electron chi connectivity index (χ1n) is 10.3. The molecule has 2 saturated heterocycles. The lowest BCUT2D eigenvalue weighted by Crippen LogP contribution is -2.52. The summed E-state index contributed by atoms with van der Waals surface area (Å²) in [5, 5.41) is 4.37. The lowest BCUT2D eigenvalue weighted by molar-refractivity contribution is -0.0741. The smallest absolute Gasteiger partial charge is 0.254 e. The van der Waals surface area contributed by atoms with Crippen molar-refractivity contribution >= 4 is 5.91 Å². The molecule has 3 heterocycles. The number of rotatable bonds is 4. The Kier molecular flexibility index (Phi) is 5.78. The minimum absolute atomic E-state index is 0.0379. The van der Waals surface area contributed by atoms with Crippen LogP contribution in [0, 0.1) is 6.92 Å². The van der Waals surface area contributed by atoms with Crippen molar-refractivity contribution in [2.24, 2.45) is 7.05 Å². The summed E-state index contributed by atoms with van der Waals surface area (Å²) in [5.41, 5.74) is 2.83. The van der Waals surface area contributed by atoms with Gasteiger partial charge in [-0.15, -0.1) is 0 Å². The number of carbonyl (C=O) groups excluding carboxylic acids is 1. The fourth-order valence-corrected chi connectivity index (χ4v) is 4.47. The van der Waals surface area contributed by atoms with Crippen LogP contribution >= 0.6 is 0 Å². The summed E-state index contributed by atoms with van der Waals surface area (Å²) < 4.78 is 8.03. The van der Waals surface area contributed by atoms with Crippen LogP contribution < -0.4 is 0 Å². The molecule has 150 valence electrons. The van der Waals surface area contributed by atoms with Crippen molar-refractivity contribution in [2.75, 3.05) is 32.8 Å². The Bertz CT molecular complexity index is 812.